The Balaban J connectivity index is 1.49. The number of aliphatic hydroxyl groups excluding tert-OH is 2. The number of ether oxygens (including phenoxy) is 1. The lowest BCUT2D eigenvalue weighted by atomic mass is 9.92. The number of aromatic nitrogens is 2. The maximum atomic E-state index is 14.7. The van der Waals surface area contributed by atoms with Crippen LogP contribution in [0.1, 0.15) is 67.2 Å². The molecular formula is C23H33FN4O5. The van der Waals surface area contributed by atoms with Crippen LogP contribution in [0.3, 0.4) is 0 Å². The van der Waals surface area contributed by atoms with E-state index in [0.29, 0.717) is 18.5 Å². The fraction of sp³-hybridized carbons (Fsp3) is 0.609. The zero-order valence-corrected chi connectivity index (χ0v) is 19.2. The predicted octanol–water partition coefficient (Wildman–Crippen LogP) is 2.40. The predicted molar refractivity (Wildman–Crippen MR) is 120 cm³/mol. The van der Waals surface area contributed by atoms with Gasteiger partial charge in [0, 0.05) is 31.0 Å². The maximum absolute atomic E-state index is 14.7. The Morgan fingerprint density at radius 3 is 2.70 bits per heavy atom. The van der Waals surface area contributed by atoms with Crippen LogP contribution < -0.4 is 15.4 Å². The van der Waals surface area contributed by atoms with E-state index in [9.17, 15) is 14.3 Å². The van der Waals surface area contributed by atoms with Crippen LogP contribution in [0, 0.1) is 11.7 Å². The first-order valence-corrected chi connectivity index (χ1v) is 11.4. The number of anilines is 1. The van der Waals surface area contributed by atoms with Crippen LogP contribution in [0.15, 0.2) is 16.7 Å². The number of halogens is 1. The number of carbonyl (C=O) groups is 1. The second-order valence-corrected chi connectivity index (χ2v) is 8.82. The number of hydrogen-bond donors (Lipinski definition) is 3. The van der Waals surface area contributed by atoms with Crippen molar-refractivity contribution in [2.45, 2.75) is 58.0 Å². The summed E-state index contributed by atoms with van der Waals surface area (Å²) >= 11 is 0. The molecule has 1 aliphatic heterocycles. The molecule has 1 saturated heterocycles. The third-order valence-electron chi connectivity index (χ3n) is 5.96. The highest BCUT2D eigenvalue weighted by molar-refractivity contribution is 5.93. The van der Waals surface area contributed by atoms with E-state index in [1.54, 1.807) is 0 Å². The SMILES string of the molecule is CC(C)c1noc(N2CCC(CCCOc3ccc(C(N)=O)c(F)c3C[C@@H](O)CO)CC2)n1. The second-order valence-electron chi connectivity index (χ2n) is 8.82. The molecule has 10 heteroatoms. The number of primary amides is 1. The van der Waals surface area contributed by atoms with Gasteiger partial charge in [0.1, 0.15) is 11.6 Å². The van der Waals surface area contributed by atoms with E-state index in [2.05, 4.69) is 15.0 Å². The van der Waals surface area contributed by atoms with Crippen LogP contribution in [0.5, 0.6) is 5.75 Å². The van der Waals surface area contributed by atoms with Crippen molar-refractivity contribution in [2.75, 3.05) is 31.2 Å². The van der Waals surface area contributed by atoms with E-state index in [4.69, 9.17) is 20.1 Å². The van der Waals surface area contributed by atoms with E-state index < -0.39 is 24.4 Å². The van der Waals surface area contributed by atoms with Crippen LogP contribution in [-0.2, 0) is 6.42 Å². The highest BCUT2D eigenvalue weighted by Crippen LogP contribution is 2.28. The van der Waals surface area contributed by atoms with Crippen LogP contribution in [0.4, 0.5) is 10.4 Å². The highest BCUT2D eigenvalue weighted by Gasteiger charge is 2.24. The summed E-state index contributed by atoms with van der Waals surface area (Å²) in [5.74, 6) is 0.0233. The first-order chi connectivity index (χ1) is 15.8. The van der Waals surface area contributed by atoms with E-state index in [-0.39, 0.29) is 29.2 Å². The minimum atomic E-state index is -1.16. The van der Waals surface area contributed by atoms with Crippen LogP contribution in [0.2, 0.25) is 0 Å². The van der Waals surface area contributed by atoms with Gasteiger partial charge in [-0.25, -0.2) is 4.39 Å². The Morgan fingerprint density at radius 2 is 2.09 bits per heavy atom. The molecule has 182 valence electrons. The Bertz CT molecular complexity index is 928. The molecule has 0 unspecified atom stereocenters. The number of amides is 1. The summed E-state index contributed by atoms with van der Waals surface area (Å²) in [5, 5.41) is 22.9. The third kappa shape index (κ3) is 6.42. The number of nitrogens with two attached hydrogens (primary N) is 1. The summed E-state index contributed by atoms with van der Waals surface area (Å²) in [6.45, 7) is 5.62. The van der Waals surface area contributed by atoms with E-state index in [1.165, 1.54) is 12.1 Å². The minimum Gasteiger partial charge on any atom is -0.493 e. The van der Waals surface area contributed by atoms with Crippen molar-refractivity contribution in [3.63, 3.8) is 0 Å². The van der Waals surface area contributed by atoms with Gasteiger partial charge in [-0.15, -0.1) is 0 Å². The van der Waals surface area contributed by atoms with Gasteiger partial charge in [-0.3, -0.25) is 4.79 Å². The number of hydrogen-bond acceptors (Lipinski definition) is 8. The van der Waals surface area contributed by atoms with Crippen LogP contribution >= 0.6 is 0 Å². The molecule has 4 N–H and O–H groups in total. The summed E-state index contributed by atoms with van der Waals surface area (Å²) < 4.78 is 25.9. The summed E-state index contributed by atoms with van der Waals surface area (Å²) in [6.07, 6.45) is 2.43. The lowest BCUT2D eigenvalue weighted by Gasteiger charge is -2.30. The maximum Gasteiger partial charge on any atom is 0.324 e. The molecule has 0 radical (unpaired) electrons. The Kier molecular flexibility index (Phi) is 8.62. The van der Waals surface area contributed by atoms with Crippen molar-refractivity contribution >= 4 is 11.9 Å². The number of carbonyl (C=O) groups excluding carboxylic acids is 1. The van der Waals surface area contributed by atoms with Crippen molar-refractivity contribution in [3.8, 4) is 5.75 Å². The van der Waals surface area contributed by atoms with Crippen molar-refractivity contribution < 1.29 is 28.7 Å². The van der Waals surface area contributed by atoms with Gasteiger partial charge in [-0.05, 0) is 43.7 Å². The molecular weight excluding hydrogens is 431 g/mol. The molecule has 1 aromatic carbocycles. The number of benzene rings is 1. The van der Waals surface area contributed by atoms with Gasteiger partial charge in [-0.1, -0.05) is 19.0 Å². The van der Waals surface area contributed by atoms with Gasteiger partial charge in [0.15, 0.2) is 5.82 Å². The normalized spacial score (nSPS) is 15.8. The van der Waals surface area contributed by atoms with Crippen molar-refractivity contribution in [2.24, 2.45) is 11.7 Å². The molecule has 0 spiro atoms. The summed E-state index contributed by atoms with van der Waals surface area (Å²) in [4.78, 5) is 18.0. The number of nitrogens with zero attached hydrogens (tertiary/aromatic N) is 3. The van der Waals surface area contributed by atoms with Crippen LogP contribution in [0.25, 0.3) is 0 Å². The van der Waals surface area contributed by atoms with Gasteiger partial charge in [-0.2, -0.15) is 4.98 Å². The lowest BCUT2D eigenvalue weighted by molar-refractivity contribution is 0.0935. The lowest BCUT2D eigenvalue weighted by Crippen LogP contribution is -2.34. The molecule has 9 nitrogen and oxygen atoms in total. The molecule has 2 heterocycles. The number of rotatable bonds is 11. The highest BCUT2D eigenvalue weighted by atomic mass is 19.1. The van der Waals surface area contributed by atoms with E-state index in [0.717, 1.165) is 44.6 Å². The van der Waals surface area contributed by atoms with Gasteiger partial charge >= 0.3 is 6.01 Å². The Labute approximate surface area is 192 Å². The fourth-order valence-corrected chi connectivity index (χ4v) is 3.98. The largest absolute Gasteiger partial charge is 0.493 e. The van der Waals surface area contributed by atoms with Gasteiger partial charge in [0.2, 0.25) is 0 Å². The first kappa shape index (κ1) is 24.9. The summed E-state index contributed by atoms with van der Waals surface area (Å²) in [6, 6.07) is 3.34. The van der Waals surface area contributed by atoms with Gasteiger partial charge < -0.3 is 30.1 Å². The first-order valence-electron chi connectivity index (χ1n) is 11.4. The molecule has 1 amide bonds. The zero-order chi connectivity index (χ0) is 24.0. The van der Waals surface area contributed by atoms with Crippen molar-refractivity contribution in [1.29, 1.82) is 0 Å². The molecule has 0 bridgehead atoms. The van der Waals surface area contributed by atoms with E-state index in [1.807, 2.05) is 13.8 Å². The molecule has 0 aliphatic carbocycles. The van der Waals surface area contributed by atoms with E-state index >= 15 is 0 Å². The van der Waals surface area contributed by atoms with Crippen molar-refractivity contribution in [3.05, 3.63) is 34.9 Å². The summed E-state index contributed by atoms with van der Waals surface area (Å²) in [5.41, 5.74) is 4.99. The number of aliphatic hydroxyl groups is 2. The molecule has 3 rings (SSSR count). The average molecular weight is 465 g/mol. The molecule has 1 fully saturated rings. The quantitative estimate of drug-likeness (QED) is 0.432. The monoisotopic (exact) mass is 464 g/mol. The Hall–Kier alpha value is -2.72. The molecule has 0 saturated carbocycles. The second kappa shape index (κ2) is 11.4. The van der Waals surface area contributed by atoms with Gasteiger partial charge in [0.05, 0.1) is 24.9 Å². The Morgan fingerprint density at radius 1 is 1.36 bits per heavy atom. The summed E-state index contributed by atoms with van der Waals surface area (Å²) in [7, 11) is 0. The average Bonchev–Trinajstić information content (AvgIpc) is 3.29. The van der Waals surface area contributed by atoms with Gasteiger partial charge in [0.25, 0.3) is 5.91 Å². The molecule has 2 aromatic rings. The fourth-order valence-electron chi connectivity index (χ4n) is 3.98. The molecule has 1 aromatic heterocycles. The third-order valence-corrected chi connectivity index (χ3v) is 5.96. The molecule has 1 aliphatic rings. The minimum absolute atomic E-state index is 0.0430. The van der Waals surface area contributed by atoms with Crippen molar-refractivity contribution in [1.82, 2.24) is 10.1 Å². The zero-order valence-electron chi connectivity index (χ0n) is 19.2. The smallest absolute Gasteiger partial charge is 0.324 e. The standard InChI is InChI=1S/C23H33FN4O5/c1-14(2)22-26-23(33-27-22)28-9-7-15(8-10-28)4-3-11-32-19-6-5-17(21(25)31)20(24)18(19)12-16(30)13-29/h5-6,14-16,29-30H,3-4,7-13H2,1-2H3,(H2,25,31)/t16-/m1/s1. The topological polar surface area (TPSA) is 135 Å². The molecule has 1 atom stereocenters. The van der Waals surface area contributed by atoms with Crippen LogP contribution in [-0.4, -0.2) is 58.7 Å². The molecule has 33 heavy (non-hydrogen) atoms. The number of piperidine rings is 1.